The first kappa shape index (κ1) is 24.7. The highest BCUT2D eigenvalue weighted by atomic mass is 35.5. The Morgan fingerprint density at radius 2 is 1.78 bits per heavy atom. The molecular formula is C19H24ClF3N4O4S. The zero-order valence-electron chi connectivity index (χ0n) is 17.5. The van der Waals surface area contributed by atoms with Crippen molar-refractivity contribution in [1.82, 2.24) is 19.4 Å². The number of rotatable bonds is 6. The Morgan fingerprint density at radius 3 is 2.34 bits per heavy atom. The molecule has 2 heterocycles. The van der Waals surface area contributed by atoms with Crippen LogP contribution in [0.1, 0.15) is 25.8 Å². The van der Waals surface area contributed by atoms with Crippen LogP contribution in [0.3, 0.4) is 0 Å². The molecule has 2 fully saturated rings. The molecule has 0 aromatic heterocycles. The van der Waals surface area contributed by atoms with Crippen LogP contribution in [0.4, 0.5) is 18.0 Å². The van der Waals surface area contributed by atoms with Gasteiger partial charge in [-0.15, -0.1) is 0 Å². The van der Waals surface area contributed by atoms with Crippen LogP contribution in [-0.2, 0) is 21.0 Å². The second-order valence-corrected chi connectivity index (χ2v) is 10.5. The van der Waals surface area contributed by atoms with Gasteiger partial charge in [-0.1, -0.05) is 25.4 Å². The van der Waals surface area contributed by atoms with Crippen molar-refractivity contribution in [3.05, 3.63) is 28.8 Å². The molecule has 0 saturated carbocycles. The number of hydrogen-bond acceptors (Lipinski definition) is 5. The third-order valence-electron chi connectivity index (χ3n) is 5.37. The Bertz CT molecular complexity index is 995. The average Bonchev–Trinajstić information content (AvgIpc) is 2.94. The summed E-state index contributed by atoms with van der Waals surface area (Å²) < 4.78 is 66.1. The van der Waals surface area contributed by atoms with Crippen molar-refractivity contribution >= 4 is 33.6 Å². The molecule has 2 aliphatic rings. The number of alkyl halides is 3. The van der Waals surface area contributed by atoms with Gasteiger partial charge in [-0.05, 0) is 30.5 Å². The van der Waals surface area contributed by atoms with Crippen molar-refractivity contribution in [2.75, 3.05) is 32.8 Å². The number of imide groups is 1. The highest BCUT2D eigenvalue weighted by molar-refractivity contribution is 7.89. The van der Waals surface area contributed by atoms with Gasteiger partial charge in [-0.3, -0.25) is 9.69 Å². The third kappa shape index (κ3) is 5.19. The molecular weight excluding hydrogens is 473 g/mol. The number of halogens is 4. The van der Waals surface area contributed by atoms with Crippen LogP contribution in [0.25, 0.3) is 0 Å². The Balaban J connectivity index is 1.65. The minimum absolute atomic E-state index is 0.00534. The molecule has 13 heteroatoms. The smallest absolute Gasteiger partial charge is 0.326 e. The monoisotopic (exact) mass is 496 g/mol. The number of carbonyl (C=O) groups excluding carboxylic acids is 2. The number of amides is 3. The normalized spacial score (nSPS) is 21.5. The Hall–Kier alpha value is -1.89. The molecule has 3 amide bonds. The van der Waals surface area contributed by atoms with E-state index in [0.29, 0.717) is 12.5 Å². The summed E-state index contributed by atoms with van der Waals surface area (Å²) in [5.74, 6) is -0.0942. The molecule has 0 bridgehead atoms. The van der Waals surface area contributed by atoms with E-state index < -0.39 is 43.8 Å². The van der Waals surface area contributed by atoms with Gasteiger partial charge >= 0.3 is 12.2 Å². The summed E-state index contributed by atoms with van der Waals surface area (Å²) in [6.45, 7) is 4.35. The maximum atomic E-state index is 13.1. The molecule has 1 N–H and O–H groups in total. The number of hydrogen-bond donors (Lipinski definition) is 1. The van der Waals surface area contributed by atoms with Crippen molar-refractivity contribution in [3.8, 4) is 0 Å². The van der Waals surface area contributed by atoms with E-state index in [4.69, 9.17) is 11.6 Å². The van der Waals surface area contributed by atoms with Crippen molar-refractivity contribution in [1.29, 1.82) is 0 Å². The molecule has 1 atom stereocenters. The van der Waals surface area contributed by atoms with E-state index in [2.05, 4.69) is 5.32 Å². The minimum Gasteiger partial charge on any atom is -0.326 e. The van der Waals surface area contributed by atoms with Crippen LogP contribution < -0.4 is 5.32 Å². The van der Waals surface area contributed by atoms with Gasteiger partial charge in [0.05, 0.1) is 22.2 Å². The highest BCUT2D eigenvalue weighted by Gasteiger charge is 2.40. The first-order chi connectivity index (χ1) is 14.8. The molecule has 1 aromatic rings. The van der Waals surface area contributed by atoms with E-state index in [1.165, 1.54) is 0 Å². The molecule has 2 aliphatic heterocycles. The number of nitrogens with zero attached hydrogens (tertiary/aromatic N) is 3. The first-order valence-corrected chi connectivity index (χ1v) is 11.8. The molecule has 0 aliphatic carbocycles. The van der Waals surface area contributed by atoms with E-state index >= 15 is 0 Å². The molecule has 0 radical (unpaired) electrons. The summed E-state index contributed by atoms with van der Waals surface area (Å²) in [7, 11) is -4.17. The molecule has 2 saturated heterocycles. The fourth-order valence-electron chi connectivity index (χ4n) is 3.68. The second-order valence-electron chi connectivity index (χ2n) is 8.20. The van der Waals surface area contributed by atoms with Gasteiger partial charge in [-0.2, -0.15) is 17.5 Å². The number of carbonyl (C=O) groups is 2. The number of piperazine rings is 1. The fourth-order valence-corrected chi connectivity index (χ4v) is 5.36. The van der Waals surface area contributed by atoms with Crippen molar-refractivity contribution in [2.24, 2.45) is 5.92 Å². The predicted octanol–water partition coefficient (Wildman–Crippen LogP) is 2.59. The number of nitrogens with one attached hydrogen (secondary N) is 1. The molecule has 178 valence electrons. The van der Waals surface area contributed by atoms with Crippen molar-refractivity contribution in [2.45, 2.75) is 37.4 Å². The molecule has 0 spiro atoms. The standard InChI is InChI=1S/C19H24ClF3N4O4S/c1-12(2)9-16-17(28)27(18(29)24-16)11-25-5-7-26(8-6-25)32(30,31)13-3-4-15(20)14(10-13)19(21,22)23/h3-4,10,12,16H,5-9,11H2,1-2H3,(H,24,29). The van der Waals surface area contributed by atoms with Crippen LogP contribution in [0.2, 0.25) is 5.02 Å². The predicted molar refractivity (Wildman–Crippen MR) is 110 cm³/mol. The highest BCUT2D eigenvalue weighted by Crippen LogP contribution is 2.36. The minimum atomic E-state index is -4.78. The average molecular weight is 497 g/mol. The van der Waals surface area contributed by atoms with E-state index in [0.717, 1.165) is 21.3 Å². The second kappa shape index (κ2) is 9.16. The molecule has 1 unspecified atom stereocenters. The summed E-state index contributed by atoms with van der Waals surface area (Å²) in [5, 5.41) is 2.07. The lowest BCUT2D eigenvalue weighted by molar-refractivity contribution is -0.137. The first-order valence-electron chi connectivity index (χ1n) is 10.0. The Kier molecular flexibility index (Phi) is 7.08. The third-order valence-corrected chi connectivity index (χ3v) is 7.59. The van der Waals surface area contributed by atoms with Crippen molar-refractivity contribution in [3.63, 3.8) is 0 Å². The lowest BCUT2D eigenvalue weighted by atomic mass is 10.0. The van der Waals surface area contributed by atoms with Gasteiger partial charge in [0.25, 0.3) is 5.91 Å². The largest absolute Gasteiger partial charge is 0.417 e. The maximum absolute atomic E-state index is 13.1. The summed E-state index contributed by atoms with van der Waals surface area (Å²) >= 11 is 5.58. The van der Waals surface area contributed by atoms with Gasteiger partial charge in [0, 0.05) is 26.2 Å². The SMILES string of the molecule is CC(C)CC1NC(=O)N(CN2CCN(S(=O)(=O)c3ccc(Cl)c(C(F)(F)F)c3)CC2)C1=O. The summed E-state index contributed by atoms with van der Waals surface area (Å²) in [6, 6.07) is 1.43. The number of urea groups is 1. The Labute approximate surface area is 189 Å². The molecule has 1 aromatic carbocycles. The molecule has 8 nitrogen and oxygen atoms in total. The van der Waals surface area contributed by atoms with E-state index in [-0.39, 0.29) is 44.7 Å². The number of sulfonamides is 1. The summed E-state index contributed by atoms with van der Waals surface area (Å²) in [4.78, 5) is 27.0. The van der Waals surface area contributed by atoms with Crippen LogP contribution in [0.5, 0.6) is 0 Å². The van der Waals surface area contributed by atoms with E-state index in [1.807, 2.05) is 13.8 Å². The lowest BCUT2D eigenvalue weighted by Gasteiger charge is -2.35. The molecule has 32 heavy (non-hydrogen) atoms. The zero-order chi connectivity index (χ0) is 23.8. The van der Waals surface area contributed by atoms with Gasteiger partial charge in [-0.25, -0.2) is 18.1 Å². The topological polar surface area (TPSA) is 90.0 Å². The zero-order valence-corrected chi connectivity index (χ0v) is 19.1. The van der Waals surface area contributed by atoms with Crippen molar-refractivity contribution < 1.29 is 31.2 Å². The van der Waals surface area contributed by atoms with Gasteiger partial charge in [0.15, 0.2) is 0 Å². The van der Waals surface area contributed by atoms with Gasteiger partial charge in [0.1, 0.15) is 6.04 Å². The summed E-state index contributed by atoms with van der Waals surface area (Å²) in [5.41, 5.74) is -1.21. The summed E-state index contributed by atoms with van der Waals surface area (Å²) in [6.07, 6.45) is -4.26. The number of benzene rings is 1. The fraction of sp³-hybridized carbons (Fsp3) is 0.579. The van der Waals surface area contributed by atoms with Crippen LogP contribution in [-0.4, -0.2) is 73.4 Å². The maximum Gasteiger partial charge on any atom is 0.417 e. The van der Waals surface area contributed by atoms with Crippen LogP contribution >= 0.6 is 11.6 Å². The quantitative estimate of drug-likeness (QED) is 0.611. The van der Waals surface area contributed by atoms with Crippen LogP contribution in [0.15, 0.2) is 23.1 Å². The van der Waals surface area contributed by atoms with Crippen LogP contribution in [0, 0.1) is 5.92 Å². The van der Waals surface area contributed by atoms with Gasteiger partial charge in [0.2, 0.25) is 10.0 Å². The molecule has 3 rings (SSSR count). The lowest BCUT2D eigenvalue weighted by Crippen LogP contribution is -2.52. The van der Waals surface area contributed by atoms with E-state index in [9.17, 15) is 31.2 Å². The van der Waals surface area contributed by atoms with E-state index in [1.54, 1.807) is 4.90 Å². The van der Waals surface area contributed by atoms with Gasteiger partial charge < -0.3 is 5.32 Å². The Morgan fingerprint density at radius 1 is 1.16 bits per heavy atom.